The third-order valence-electron chi connectivity index (χ3n) is 2.49. The fourth-order valence-corrected chi connectivity index (χ4v) is 2.26. The number of benzene rings is 1. The van der Waals surface area contributed by atoms with Gasteiger partial charge in [-0.2, -0.15) is 21.6 Å². The van der Waals surface area contributed by atoms with Gasteiger partial charge in [-0.05, 0) is 24.6 Å². The first-order valence-corrected chi connectivity index (χ1v) is 6.91. The van der Waals surface area contributed by atoms with E-state index >= 15 is 0 Å². The van der Waals surface area contributed by atoms with Gasteiger partial charge in [-0.25, -0.2) is 4.18 Å². The lowest BCUT2D eigenvalue weighted by molar-refractivity contribution is -0.384. The lowest BCUT2D eigenvalue weighted by Gasteiger charge is -2.30. The van der Waals surface area contributed by atoms with E-state index in [-0.39, 0.29) is 0 Å². The molecule has 0 N–H and O–H groups in total. The Bertz CT molecular complexity index is 611. The molecule has 0 spiro atoms. The summed E-state index contributed by atoms with van der Waals surface area (Å²) in [6.45, 7) is 0.537. The normalized spacial score (nSPS) is 15.7. The van der Waals surface area contributed by atoms with Crippen LogP contribution in [0.2, 0.25) is 0 Å². The molecule has 0 bridgehead atoms. The van der Waals surface area contributed by atoms with Crippen LogP contribution in [0.15, 0.2) is 24.3 Å². The summed E-state index contributed by atoms with van der Waals surface area (Å²) in [5.41, 5.74) is -4.09. The second-order valence-corrected chi connectivity index (χ2v) is 5.70. The predicted octanol–water partition coefficient (Wildman–Crippen LogP) is 2.35. The van der Waals surface area contributed by atoms with Crippen LogP contribution in [0.25, 0.3) is 0 Å². The molecule has 0 saturated carbocycles. The van der Waals surface area contributed by atoms with Gasteiger partial charge in [0.05, 0.1) is 11.2 Å². The maximum absolute atomic E-state index is 13.1. The summed E-state index contributed by atoms with van der Waals surface area (Å²) < 4.78 is 65.3. The minimum atomic E-state index is -5.02. The Balaban J connectivity index is 3.35. The molecule has 1 aromatic carbocycles. The first-order chi connectivity index (χ1) is 8.87. The quantitative estimate of drug-likeness (QED) is 0.484. The average molecular weight is 313 g/mol. The average Bonchev–Trinajstić information content (AvgIpc) is 2.25. The maximum Gasteiger partial charge on any atom is 0.422 e. The van der Waals surface area contributed by atoms with Crippen molar-refractivity contribution in [3.8, 4) is 0 Å². The van der Waals surface area contributed by atoms with Gasteiger partial charge in [-0.15, -0.1) is 0 Å². The fourth-order valence-electron chi connectivity index (χ4n) is 1.46. The van der Waals surface area contributed by atoms with Crippen molar-refractivity contribution in [3.63, 3.8) is 0 Å². The predicted molar refractivity (Wildman–Crippen MR) is 62.4 cm³/mol. The smallest absolute Gasteiger partial charge is 0.258 e. The lowest BCUT2D eigenvalue weighted by atomic mass is 9.95. The van der Waals surface area contributed by atoms with Crippen LogP contribution in [0, 0.1) is 10.1 Å². The van der Waals surface area contributed by atoms with Crippen LogP contribution in [0.5, 0.6) is 0 Å². The summed E-state index contributed by atoms with van der Waals surface area (Å²) in [5.74, 6) is 0. The topological polar surface area (TPSA) is 86.5 Å². The number of hydrogen-bond acceptors (Lipinski definition) is 5. The summed E-state index contributed by atoms with van der Waals surface area (Å²) >= 11 is 0. The number of nitrogens with zero attached hydrogens (tertiary/aromatic N) is 1. The van der Waals surface area contributed by atoms with Crippen LogP contribution in [-0.4, -0.2) is 25.8 Å². The van der Waals surface area contributed by atoms with Crippen LogP contribution >= 0.6 is 0 Å². The van der Waals surface area contributed by atoms with Gasteiger partial charge in [0.25, 0.3) is 15.8 Å². The van der Waals surface area contributed by atoms with E-state index < -0.39 is 38.1 Å². The van der Waals surface area contributed by atoms with Gasteiger partial charge in [0.1, 0.15) is 0 Å². The van der Waals surface area contributed by atoms with Gasteiger partial charge in [-0.3, -0.25) is 10.1 Å². The van der Waals surface area contributed by atoms with Crippen LogP contribution in [-0.2, 0) is 19.9 Å². The van der Waals surface area contributed by atoms with Gasteiger partial charge in [-0.1, -0.05) is 0 Å². The third-order valence-corrected chi connectivity index (χ3v) is 3.12. The van der Waals surface area contributed by atoms with Gasteiger partial charge in [0, 0.05) is 12.1 Å². The summed E-state index contributed by atoms with van der Waals surface area (Å²) in [6, 6.07) is 3.28. The largest absolute Gasteiger partial charge is 0.422 e. The standard InChI is InChI=1S/C10H10F3NO5S/c1-9(10(11,12)13,19-20(2,17)18)7-3-5-8(6-4-7)14(15)16/h3-6H,1-2H3. The number of non-ortho nitro benzene ring substituents is 1. The van der Waals surface area contributed by atoms with E-state index in [9.17, 15) is 31.7 Å². The lowest BCUT2D eigenvalue weighted by Crippen LogP contribution is -2.43. The third kappa shape index (κ3) is 3.45. The molecule has 20 heavy (non-hydrogen) atoms. The second-order valence-electron chi connectivity index (χ2n) is 4.12. The number of hydrogen-bond donors (Lipinski definition) is 0. The number of alkyl halides is 3. The second kappa shape index (κ2) is 5.02. The molecule has 0 saturated heterocycles. The van der Waals surface area contributed by atoms with E-state index in [1.807, 2.05) is 0 Å². The highest BCUT2D eigenvalue weighted by Gasteiger charge is 2.56. The summed E-state index contributed by atoms with van der Waals surface area (Å²) in [4.78, 5) is 9.66. The number of nitro benzene ring substituents is 1. The van der Waals surface area contributed by atoms with Crippen molar-refractivity contribution in [1.82, 2.24) is 0 Å². The van der Waals surface area contributed by atoms with Crippen molar-refractivity contribution >= 4 is 15.8 Å². The number of nitro groups is 1. The Kier molecular flexibility index (Phi) is 4.11. The minimum Gasteiger partial charge on any atom is -0.258 e. The van der Waals surface area contributed by atoms with Crippen molar-refractivity contribution in [3.05, 3.63) is 39.9 Å². The Morgan fingerprint density at radius 2 is 1.65 bits per heavy atom. The molecule has 112 valence electrons. The maximum atomic E-state index is 13.1. The molecule has 0 heterocycles. The summed E-state index contributed by atoms with van der Waals surface area (Å²) in [7, 11) is -4.39. The zero-order chi connectivity index (χ0) is 15.8. The Morgan fingerprint density at radius 3 is 1.95 bits per heavy atom. The molecule has 0 amide bonds. The molecule has 0 radical (unpaired) electrons. The molecule has 1 rings (SSSR count). The van der Waals surface area contributed by atoms with E-state index in [1.165, 1.54) is 0 Å². The van der Waals surface area contributed by atoms with Gasteiger partial charge < -0.3 is 0 Å². The van der Waals surface area contributed by atoms with Crippen LogP contribution in [0.3, 0.4) is 0 Å². The summed E-state index contributed by atoms with van der Waals surface area (Å²) in [6.07, 6.45) is -4.53. The Morgan fingerprint density at radius 1 is 1.20 bits per heavy atom. The highest BCUT2D eigenvalue weighted by atomic mass is 32.2. The number of halogens is 3. The molecular weight excluding hydrogens is 303 g/mol. The van der Waals surface area contributed by atoms with Crippen molar-refractivity contribution in [2.24, 2.45) is 0 Å². The molecule has 0 fully saturated rings. The molecule has 0 aliphatic rings. The Hall–Kier alpha value is -1.68. The zero-order valence-corrected chi connectivity index (χ0v) is 11.2. The van der Waals surface area contributed by atoms with Crippen LogP contribution in [0.4, 0.5) is 18.9 Å². The molecule has 6 nitrogen and oxygen atoms in total. The molecule has 1 unspecified atom stereocenters. The molecule has 1 atom stereocenters. The van der Waals surface area contributed by atoms with Crippen LogP contribution in [0.1, 0.15) is 12.5 Å². The summed E-state index contributed by atoms with van der Waals surface area (Å²) in [5, 5.41) is 10.4. The van der Waals surface area contributed by atoms with Gasteiger partial charge in [0.15, 0.2) is 0 Å². The monoisotopic (exact) mass is 313 g/mol. The van der Waals surface area contributed by atoms with Crippen molar-refractivity contribution in [1.29, 1.82) is 0 Å². The highest BCUT2D eigenvalue weighted by molar-refractivity contribution is 7.86. The fraction of sp³-hybridized carbons (Fsp3) is 0.400. The van der Waals surface area contributed by atoms with Gasteiger partial charge >= 0.3 is 6.18 Å². The van der Waals surface area contributed by atoms with E-state index in [0.29, 0.717) is 13.2 Å². The van der Waals surface area contributed by atoms with Crippen molar-refractivity contribution in [2.75, 3.05) is 6.26 Å². The van der Waals surface area contributed by atoms with E-state index in [2.05, 4.69) is 4.18 Å². The van der Waals surface area contributed by atoms with E-state index in [4.69, 9.17) is 0 Å². The molecule has 0 aliphatic carbocycles. The van der Waals surface area contributed by atoms with E-state index in [1.54, 1.807) is 0 Å². The number of rotatable bonds is 4. The first-order valence-electron chi connectivity index (χ1n) is 5.09. The van der Waals surface area contributed by atoms with Crippen molar-refractivity contribution in [2.45, 2.75) is 18.7 Å². The van der Waals surface area contributed by atoms with Crippen molar-refractivity contribution < 1.29 is 30.7 Å². The van der Waals surface area contributed by atoms with E-state index in [0.717, 1.165) is 24.3 Å². The Labute approximate surface area is 112 Å². The van der Waals surface area contributed by atoms with Crippen LogP contribution < -0.4 is 0 Å². The molecule has 1 aromatic rings. The molecule has 0 aromatic heterocycles. The van der Waals surface area contributed by atoms with Gasteiger partial charge in [0.2, 0.25) is 5.60 Å². The molecular formula is C10H10F3NO5S. The first kappa shape index (κ1) is 16.4. The molecule has 10 heteroatoms. The highest BCUT2D eigenvalue weighted by Crippen LogP contribution is 2.43. The SMILES string of the molecule is CC(OS(C)(=O)=O)(c1ccc([N+](=O)[O-])cc1)C(F)(F)F. The molecule has 0 aliphatic heterocycles. The zero-order valence-electron chi connectivity index (χ0n) is 10.3. The minimum absolute atomic E-state index is 0.419.